The zero-order valence-corrected chi connectivity index (χ0v) is 14.5. The molecular formula is C19H19N3OS. The highest BCUT2D eigenvalue weighted by molar-refractivity contribution is 7.08. The summed E-state index contributed by atoms with van der Waals surface area (Å²) in [4.78, 5) is 17.2. The average Bonchev–Trinajstić information content (AvgIpc) is 3.06. The van der Waals surface area contributed by atoms with Crippen LogP contribution >= 0.6 is 11.3 Å². The molecule has 0 aliphatic heterocycles. The highest BCUT2D eigenvalue weighted by atomic mass is 32.1. The van der Waals surface area contributed by atoms with E-state index in [0.717, 1.165) is 28.6 Å². The summed E-state index contributed by atoms with van der Waals surface area (Å²) in [6.07, 6.45) is 2.48. The van der Waals surface area contributed by atoms with Crippen LogP contribution in [0.5, 0.6) is 0 Å². The van der Waals surface area contributed by atoms with Crippen molar-refractivity contribution in [3.63, 3.8) is 0 Å². The van der Waals surface area contributed by atoms with Crippen LogP contribution in [0, 0.1) is 5.92 Å². The highest BCUT2D eigenvalue weighted by Gasteiger charge is 2.13. The molecule has 3 aromatic rings. The monoisotopic (exact) mass is 337 g/mol. The fourth-order valence-electron chi connectivity index (χ4n) is 2.52. The van der Waals surface area contributed by atoms with Crippen LogP contribution < -0.4 is 5.43 Å². The molecule has 1 aromatic carbocycles. The molecule has 2 heterocycles. The van der Waals surface area contributed by atoms with E-state index < -0.39 is 0 Å². The summed E-state index contributed by atoms with van der Waals surface area (Å²) in [5.41, 5.74) is 5.96. The van der Waals surface area contributed by atoms with Crippen LogP contribution in [0.25, 0.3) is 10.9 Å². The predicted molar refractivity (Wildman–Crippen MR) is 99.7 cm³/mol. The van der Waals surface area contributed by atoms with E-state index in [-0.39, 0.29) is 5.91 Å². The molecule has 1 N–H and O–H groups in total. The van der Waals surface area contributed by atoms with Gasteiger partial charge in [0.05, 0.1) is 17.3 Å². The molecule has 24 heavy (non-hydrogen) atoms. The molecule has 0 spiro atoms. The number of nitrogens with one attached hydrogen (secondary N) is 1. The van der Waals surface area contributed by atoms with Gasteiger partial charge < -0.3 is 0 Å². The van der Waals surface area contributed by atoms with Crippen LogP contribution in [0.1, 0.15) is 35.5 Å². The van der Waals surface area contributed by atoms with E-state index in [0.29, 0.717) is 11.5 Å². The average molecular weight is 337 g/mol. The van der Waals surface area contributed by atoms with Gasteiger partial charge in [-0.3, -0.25) is 9.78 Å². The van der Waals surface area contributed by atoms with Crippen LogP contribution in [0.15, 0.2) is 52.3 Å². The fraction of sp³-hybridized carbons (Fsp3) is 0.211. The van der Waals surface area contributed by atoms with Crippen molar-refractivity contribution in [2.45, 2.75) is 20.3 Å². The second kappa shape index (κ2) is 7.36. The molecule has 2 aromatic heterocycles. The summed E-state index contributed by atoms with van der Waals surface area (Å²) in [6, 6.07) is 11.5. The number of carbonyl (C=O) groups is 1. The number of pyridine rings is 1. The smallest absolute Gasteiger partial charge is 0.267 e. The van der Waals surface area contributed by atoms with E-state index in [1.54, 1.807) is 17.6 Å². The Labute approximate surface area is 145 Å². The minimum atomic E-state index is -0.218. The van der Waals surface area contributed by atoms with Gasteiger partial charge in [-0.25, -0.2) is 5.43 Å². The number of nitrogens with zero attached hydrogens (tertiary/aromatic N) is 2. The van der Waals surface area contributed by atoms with Crippen LogP contribution in [0.4, 0.5) is 0 Å². The quantitative estimate of drug-likeness (QED) is 0.559. The Morgan fingerprint density at radius 3 is 2.92 bits per heavy atom. The second-order valence-corrected chi connectivity index (χ2v) is 6.81. The lowest BCUT2D eigenvalue weighted by atomic mass is 10.0. The van der Waals surface area contributed by atoms with Gasteiger partial charge in [-0.15, -0.1) is 0 Å². The van der Waals surface area contributed by atoms with Crippen LogP contribution in [0.2, 0.25) is 0 Å². The first-order valence-corrected chi connectivity index (χ1v) is 8.82. The number of hydrogen-bond donors (Lipinski definition) is 1. The lowest BCUT2D eigenvalue weighted by molar-refractivity contribution is 0.0956. The van der Waals surface area contributed by atoms with E-state index in [1.807, 2.05) is 47.2 Å². The van der Waals surface area contributed by atoms with Crippen molar-refractivity contribution >= 4 is 34.4 Å². The third-order valence-electron chi connectivity index (χ3n) is 3.55. The molecule has 0 fully saturated rings. The number of hydrogen-bond acceptors (Lipinski definition) is 4. The van der Waals surface area contributed by atoms with Crippen molar-refractivity contribution < 1.29 is 4.79 Å². The third kappa shape index (κ3) is 3.86. The standard InChI is InChI=1S/C19H19N3OS/c1-13(2)9-15-10-17(16-5-3-4-6-18(16)21-15)19(23)22-20-11-14-7-8-24-12-14/h3-8,10-13H,9H2,1-2H3,(H,22,23). The number of carbonyl (C=O) groups excluding carboxylic acids is 1. The highest BCUT2D eigenvalue weighted by Crippen LogP contribution is 2.20. The first kappa shape index (κ1) is 16.3. The maximum Gasteiger partial charge on any atom is 0.272 e. The minimum absolute atomic E-state index is 0.218. The molecule has 0 aliphatic rings. The second-order valence-electron chi connectivity index (χ2n) is 6.03. The van der Waals surface area contributed by atoms with Crippen LogP contribution in [0.3, 0.4) is 0 Å². The predicted octanol–water partition coefficient (Wildman–Crippen LogP) is 4.26. The van der Waals surface area contributed by atoms with E-state index in [1.165, 1.54) is 0 Å². The summed E-state index contributed by atoms with van der Waals surface area (Å²) in [7, 11) is 0. The van der Waals surface area contributed by atoms with Crippen molar-refractivity contribution in [1.29, 1.82) is 0 Å². The van der Waals surface area contributed by atoms with Crippen LogP contribution in [-0.4, -0.2) is 17.1 Å². The molecule has 1 amide bonds. The molecular weight excluding hydrogens is 318 g/mol. The number of amides is 1. The van der Waals surface area contributed by atoms with E-state index in [9.17, 15) is 4.79 Å². The maximum absolute atomic E-state index is 12.6. The van der Waals surface area contributed by atoms with E-state index >= 15 is 0 Å². The third-order valence-corrected chi connectivity index (χ3v) is 4.26. The Hall–Kier alpha value is -2.53. The number of rotatable bonds is 5. The molecule has 5 heteroatoms. The molecule has 122 valence electrons. The van der Waals surface area contributed by atoms with Gasteiger partial charge in [0, 0.05) is 16.6 Å². The normalized spacial score (nSPS) is 11.5. The molecule has 3 rings (SSSR count). The number of thiophene rings is 1. The lowest BCUT2D eigenvalue weighted by Gasteiger charge is -2.10. The Balaban J connectivity index is 1.89. The van der Waals surface area contributed by atoms with Gasteiger partial charge >= 0.3 is 0 Å². The minimum Gasteiger partial charge on any atom is -0.267 e. The van der Waals surface area contributed by atoms with Crippen molar-refractivity contribution in [2.24, 2.45) is 11.0 Å². The van der Waals surface area contributed by atoms with Gasteiger partial charge in [-0.05, 0) is 41.3 Å². The molecule has 0 atom stereocenters. The first-order chi connectivity index (χ1) is 11.6. The largest absolute Gasteiger partial charge is 0.272 e. The summed E-state index contributed by atoms with van der Waals surface area (Å²) in [5, 5.41) is 8.83. The number of benzene rings is 1. The Morgan fingerprint density at radius 1 is 1.33 bits per heavy atom. The van der Waals surface area contributed by atoms with Gasteiger partial charge in [-0.2, -0.15) is 16.4 Å². The molecule has 0 radical (unpaired) electrons. The van der Waals surface area contributed by atoms with Gasteiger partial charge in [0.25, 0.3) is 5.91 Å². The number of fused-ring (bicyclic) bond motifs is 1. The molecule has 0 aliphatic carbocycles. The summed E-state index contributed by atoms with van der Waals surface area (Å²) in [6.45, 7) is 4.28. The first-order valence-electron chi connectivity index (χ1n) is 7.88. The summed E-state index contributed by atoms with van der Waals surface area (Å²) < 4.78 is 0. The number of aromatic nitrogens is 1. The van der Waals surface area contributed by atoms with Crippen molar-refractivity contribution in [1.82, 2.24) is 10.4 Å². The van der Waals surface area contributed by atoms with Crippen LogP contribution in [-0.2, 0) is 6.42 Å². The van der Waals surface area contributed by atoms with Crippen molar-refractivity contribution in [3.05, 3.63) is 64.0 Å². The Kier molecular flexibility index (Phi) is 5.01. The zero-order valence-electron chi connectivity index (χ0n) is 13.7. The van der Waals surface area contributed by atoms with Gasteiger partial charge in [0.1, 0.15) is 0 Å². The van der Waals surface area contributed by atoms with Gasteiger partial charge in [0.2, 0.25) is 0 Å². The molecule has 0 saturated carbocycles. The fourth-order valence-corrected chi connectivity index (χ4v) is 3.13. The SMILES string of the molecule is CC(C)Cc1cc(C(=O)NN=Cc2ccsc2)c2ccccc2n1. The molecule has 0 saturated heterocycles. The molecule has 4 nitrogen and oxygen atoms in total. The van der Waals surface area contributed by atoms with Crippen molar-refractivity contribution in [3.8, 4) is 0 Å². The van der Waals surface area contributed by atoms with Gasteiger partial charge in [0.15, 0.2) is 0 Å². The lowest BCUT2D eigenvalue weighted by Crippen LogP contribution is -2.18. The molecule has 0 bridgehead atoms. The summed E-state index contributed by atoms with van der Waals surface area (Å²) >= 11 is 1.59. The maximum atomic E-state index is 12.6. The number of hydrazone groups is 1. The van der Waals surface area contributed by atoms with Gasteiger partial charge in [-0.1, -0.05) is 32.0 Å². The zero-order chi connectivity index (χ0) is 16.9. The number of para-hydroxylation sites is 1. The van der Waals surface area contributed by atoms with E-state index in [4.69, 9.17) is 0 Å². The Morgan fingerprint density at radius 2 is 2.17 bits per heavy atom. The Bertz CT molecular complexity index is 869. The van der Waals surface area contributed by atoms with Crippen molar-refractivity contribution in [2.75, 3.05) is 0 Å². The molecule has 0 unspecified atom stereocenters. The summed E-state index contributed by atoms with van der Waals surface area (Å²) in [5.74, 6) is 0.260. The topological polar surface area (TPSA) is 54.4 Å². The van der Waals surface area contributed by atoms with E-state index in [2.05, 4.69) is 29.4 Å².